The molecule has 20 heavy (non-hydrogen) atoms. The Kier molecular flexibility index (Phi) is 6.78. The summed E-state index contributed by atoms with van der Waals surface area (Å²) >= 11 is 3.17. The third-order valence-corrected chi connectivity index (χ3v) is 3.46. The van der Waals surface area contributed by atoms with Crippen molar-refractivity contribution < 1.29 is 18.7 Å². The molecule has 0 N–H and O–H groups in total. The van der Waals surface area contributed by atoms with Gasteiger partial charge in [0.1, 0.15) is 0 Å². The molecule has 0 saturated heterocycles. The maximum atomic E-state index is 12.4. The average molecular weight is 346 g/mol. The number of carbonyl (C=O) groups excluding carboxylic acids is 2. The zero-order valence-corrected chi connectivity index (χ0v) is 13.6. The van der Waals surface area contributed by atoms with Crippen LogP contribution in [-0.2, 0) is 9.53 Å². The van der Waals surface area contributed by atoms with Crippen LogP contribution >= 0.6 is 15.9 Å². The summed E-state index contributed by atoms with van der Waals surface area (Å²) in [6.45, 7) is 6.37. The van der Waals surface area contributed by atoms with Gasteiger partial charge in [-0.05, 0) is 48.3 Å². The third-order valence-electron chi connectivity index (χ3n) is 3.03. The first kappa shape index (κ1) is 16.8. The van der Waals surface area contributed by atoms with E-state index in [1.165, 1.54) is 0 Å². The van der Waals surface area contributed by atoms with Crippen LogP contribution in [0.3, 0.4) is 0 Å². The van der Waals surface area contributed by atoms with Gasteiger partial charge >= 0.3 is 5.97 Å². The van der Waals surface area contributed by atoms with Crippen molar-refractivity contribution in [2.45, 2.75) is 39.7 Å². The van der Waals surface area contributed by atoms with Crippen LogP contribution < -0.4 is 0 Å². The molecule has 1 heterocycles. The van der Waals surface area contributed by atoms with Gasteiger partial charge in [-0.3, -0.25) is 9.59 Å². The van der Waals surface area contributed by atoms with Gasteiger partial charge in [0, 0.05) is 12.6 Å². The predicted octanol–water partition coefficient (Wildman–Crippen LogP) is 3.24. The van der Waals surface area contributed by atoms with Gasteiger partial charge in [-0.15, -0.1) is 0 Å². The summed E-state index contributed by atoms with van der Waals surface area (Å²) in [4.78, 5) is 25.5. The normalized spacial score (nSPS) is 12.0. The zero-order valence-electron chi connectivity index (χ0n) is 12.0. The smallest absolute Gasteiger partial charge is 0.307 e. The number of furan rings is 1. The van der Waals surface area contributed by atoms with E-state index in [1.807, 2.05) is 13.8 Å². The molecule has 112 valence electrons. The first-order chi connectivity index (χ1) is 9.49. The van der Waals surface area contributed by atoms with Crippen LogP contribution in [0.25, 0.3) is 0 Å². The highest BCUT2D eigenvalue weighted by atomic mass is 79.9. The minimum atomic E-state index is -0.297. The Morgan fingerprint density at radius 1 is 1.40 bits per heavy atom. The summed E-state index contributed by atoms with van der Waals surface area (Å²) in [6.07, 6.45) is 0.988. The molecule has 0 saturated carbocycles. The summed E-state index contributed by atoms with van der Waals surface area (Å²) in [6, 6.07) is 3.32. The van der Waals surface area contributed by atoms with Crippen molar-refractivity contribution in [3.05, 3.63) is 22.6 Å². The minimum absolute atomic E-state index is 0.0285. The third kappa shape index (κ3) is 4.67. The van der Waals surface area contributed by atoms with Crippen LogP contribution in [0.2, 0.25) is 0 Å². The second kappa shape index (κ2) is 8.09. The van der Waals surface area contributed by atoms with Gasteiger partial charge in [0.25, 0.3) is 5.91 Å². The Bertz CT molecular complexity index is 458. The molecule has 0 fully saturated rings. The highest BCUT2D eigenvalue weighted by Crippen LogP contribution is 2.18. The van der Waals surface area contributed by atoms with Crippen molar-refractivity contribution in [1.29, 1.82) is 0 Å². The second-order valence-electron chi connectivity index (χ2n) is 4.41. The van der Waals surface area contributed by atoms with Crippen LogP contribution in [0.15, 0.2) is 21.2 Å². The molecule has 1 aromatic heterocycles. The highest BCUT2D eigenvalue weighted by molar-refractivity contribution is 9.10. The average Bonchev–Trinajstić information content (AvgIpc) is 2.85. The van der Waals surface area contributed by atoms with E-state index in [2.05, 4.69) is 15.9 Å². The number of ether oxygens (including phenoxy) is 1. The number of rotatable bonds is 7. The first-order valence-corrected chi connectivity index (χ1v) is 7.50. The van der Waals surface area contributed by atoms with E-state index in [0.717, 1.165) is 6.42 Å². The van der Waals surface area contributed by atoms with E-state index in [0.29, 0.717) is 17.8 Å². The van der Waals surface area contributed by atoms with Crippen molar-refractivity contribution in [1.82, 2.24) is 4.90 Å². The Morgan fingerprint density at radius 3 is 2.60 bits per heavy atom. The van der Waals surface area contributed by atoms with Gasteiger partial charge in [0.05, 0.1) is 13.0 Å². The number of amides is 1. The number of carbonyl (C=O) groups is 2. The first-order valence-electron chi connectivity index (χ1n) is 6.71. The van der Waals surface area contributed by atoms with E-state index in [9.17, 15) is 9.59 Å². The maximum absolute atomic E-state index is 12.4. The maximum Gasteiger partial charge on any atom is 0.307 e. The summed E-state index contributed by atoms with van der Waals surface area (Å²) in [5.74, 6) is -0.246. The van der Waals surface area contributed by atoms with E-state index in [4.69, 9.17) is 9.15 Å². The number of hydrogen-bond acceptors (Lipinski definition) is 4. The van der Waals surface area contributed by atoms with Crippen LogP contribution in [-0.4, -0.2) is 36.0 Å². The predicted molar refractivity (Wildman–Crippen MR) is 78.4 cm³/mol. The topological polar surface area (TPSA) is 59.8 Å². The fraction of sp³-hybridized carbons (Fsp3) is 0.571. The fourth-order valence-electron chi connectivity index (χ4n) is 1.76. The molecule has 1 atom stereocenters. The quantitative estimate of drug-likeness (QED) is 0.711. The fourth-order valence-corrected chi connectivity index (χ4v) is 2.06. The molecular weight excluding hydrogens is 326 g/mol. The molecule has 1 rings (SSSR count). The molecule has 1 aromatic rings. The van der Waals surface area contributed by atoms with Crippen LogP contribution in [0.1, 0.15) is 44.2 Å². The van der Waals surface area contributed by atoms with Crippen LogP contribution in [0.4, 0.5) is 0 Å². The van der Waals surface area contributed by atoms with E-state index in [-0.39, 0.29) is 30.1 Å². The molecule has 6 heteroatoms. The van der Waals surface area contributed by atoms with Crippen molar-refractivity contribution in [3.8, 4) is 0 Å². The summed E-state index contributed by atoms with van der Waals surface area (Å²) in [5, 5.41) is 0. The molecule has 1 amide bonds. The molecule has 1 unspecified atom stereocenters. The van der Waals surface area contributed by atoms with Gasteiger partial charge in [-0.25, -0.2) is 0 Å². The molecule has 5 nitrogen and oxygen atoms in total. The number of esters is 1. The number of halogens is 1. The Hall–Kier alpha value is -1.30. The van der Waals surface area contributed by atoms with Gasteiger partial charge in [0.15, 0.2) is 10.4 Å². The largest absolute Gasteiger partial charge is 0.466 e. The van der Waals surface area contributed by atoms with E-state index >= 15 is 0 Å². The lowest BCUT2D eigenvalue weighted by molar-refractivity contribution is -0.143. The van der Waals surface area contributed by atoms with Crippen molar-refractivity contribution in [2.24, 2.45) is 0 Å². The molecule has 0 aliphatic carbocycles. The standard InChI is InChI=1S/C14H20BrNO4/c1-4-10(3)16(9-8-13(17)19-5-2)14(18)11-6-7-12(15)20-11/h6-7,10H,4-5,8-9H2,1-3H3. The SMILES string of the molecule is CCOC(=O)CCN(C(=O)c1ccc(Br)o1)C(C)CC. The molecule has 0 spiro atoms. The van der Waals surface area contributed by atoms with Crippen molar-refractivity contribution in [2.75, 3.05) is 13.2 Å². The summed E-state index contributed by atoms with van der Waals surface area (Å²) in [5.41, 5.74) is 0. The van der Waals surface area contributed by atoms with Crippen LogP contribution in [0, 0.1) is 0 Å². The molecule has 0 radical (unpaired) electrons. The van der Waals surface area contributed by atoms with Crippen LogP contribution in [0.5, 0.6) is 0 Å². The van der Waals surface area contributed by atoms with E-state index in [1.54, 1.807) is 24.0 Å². The monoisotopic (exact) mass is 345 g/mol. The number of nitrogens with zero attached hydrogens (tertiary/aromatic N) is 1. The zero-order chi connectivity index (χ0) is 15.1. The molecule has 0 aliphatic rings. The Balaban J connectivity index is 2.73. The summed E-state index contributed by atoms with van der Waals surface area (Å²) in [7, 11) is 0. The minimum Gasteiger partial charge on any atom is -0.466 e. The Labute approximate surface area is 127 Å². The van der Waals surface area contributed by atoms with Gasteiger partial charge in [-0.1, -0.05) is 6.92 Å². The lowest BCUT2D eigenvalue weighted by Gasteiger charge is -2.27. The lowest BCUT2D eigenvalue weighted by Crippen LogP contribution is -2.39. The van der Waals surface area contributed by atoms with Gasteiger partial charge in [0.2, 0.25) is 0 Å². The Morgan fingerprint density at radius 2 is 2.10 bits per heavy atom. The van der Waals surface area contributed by atoms with Crippen molar-refractivity contribution in [3.63, 3.8) is 0 Å². The number of hydrogen-bond donors (Lipinski definition) is 0. The van der Waals surface area contributed by atoms with Crippen molar-refractivity contribution >= 4 is 27.8 Å². The molecule has 0 aromatic carbocycles. The van der Waals surface area contributed by atoms with E-state index < -0.39 is 0 Å². The summed E-state index contributed by atoms with van der Waals surface area (Å²) < 4.78 is 10.7. The molecule has 0 bridgehead atoms. The second-order valence-corrected chi connectivity index (χ2v) is 5.20. The van der Waals surface area contributed by atoms with Gasteiger partial charge < -0.3 is 14.1 Å². The highest BCUT2D eigenvalue weighted by Gasteiger charge is 2.23. The van der Waals surface area contributed by atoms with Gasteiger partial charge in [-0.2, -0.15) is 0 Å². The lowest BCUT2D eigenvalue weighted by atomic mass is 10.2. The molecular formula is C14H20BrNO4. The molecule has 0 aliphatic heterocycles.